The van der Waals surface area contributed by atoms with Gasteiger partial charge in [0.05, 0.1) is 10.0 Å². The number of halogens is 2. The third-order valence-electron chi connectivity index (χ3n) is 2.85. The van der Waals surface area contributed by atoms with Crippen molar-refractivity contribution in [1.29, 1.82) is 0 Å². The van der Waals surface area contributed by atoms with E-state index in [4.69, 9.17) is 27.9 Å². The number of ether oxygens (including phenoxy) is 1. The zero-order valence-electron chi connectivity index (χ0n) is 11.1. The van der Waals surface area contributed by atoms with Gasteiger partial charge in [0.15, 0.2) is 5.70 Å². The monoisotopic (exact) mass is 349 g/mol. The number of carbonyl (C=O) groups is 1. The largest absolute Gasteiger partial charge is 0.403 e. The summed E-state index contributed by atoms with van der Waals surface area (Å²) in [6, 6.07) is 9.11. The zero-order chi connectivity index (χ0) is 15.5. The molecule has 2 aromatic rings. The van der Waals surface area contributed by atoms with Gasteiger partial charge < -0.3 is 4.74 Å². The zero-order valence-corrected chi connectivity index (χ0v) is 13.5. The van der Waals surface area contributed by atoms with Gasteiger partial charge in [-0.3, -0.25) is 0 Å². The van der Waals surface area contributed by atoms with Gasteiger partial charge in [-0.25, -0.2) is 9.79 Å². The highest BCUT2D eigenvalue weighted by Crippen LogP contribution is 2.27. The molecule has 0 aliphatic carbocycles. The van der Waals surface area contributed by atoms with Crippen molar-refractivity contribution in [3.63, 3.8) is 0 Å². The predicted octanol–water partition coefficient (Wildman–Crippen LogP) is 5.06. The minimum Gasteiger partial charge on any atom is -0.403 e. The van der Waals surface area contributed by atoms with Crippen molar-refractivity contribution >= 4 is 58.6 Å². The van der Waals surface area contributed by atoms with Crippen molar-refractivity contribution < 1.29 is 9.53 Å². The summed E-state index contributed by atoms with van der Waals surface area (Å²) in [5.74, 6) is -0.242. The molecule has 0 atom stereocenters. The van der Waals surface area contributed by atoms with Crippen LogP contribution >= 0.6 is 34.5 Å². The van der Waals surface area contributed by atoms with Crippen molar-refractivity contribution in [3.8, 4) is 0 Å². The molecular weight excluding hydrogens is 341 g/mol. The summed E-state index contributed by atoms with van der Waals surface area (Å²) in [7, 11) is 0. The minimum atomic E-state index is -0.467. The summed E-state index contributed by atoms with van der Waals surface area (Å²) >= 11 is 13.6. The van der Waals surface area contributed by atoms with Crippen LogP contribution in [0.3, 0.4) is 0 Å². The molecule has 0 unspecified atom stereocenters. The van der Waals surface area contributed by atoms with Gasteiger partial charge in [0.1, 0.15) is 0 Å². The van der Waals surface area contributed by atoms with Gasteiger partial charge in [-0.15, -0.1) is 11.3 Å². The van der Waals surface area contributed by atoms with Crippen LogP contribution in [0.15, 0.2) is 52.5 Å². The summed E-state index contributed by atoms with van der Waals surface area (Å²) < 4.78 is 5.10. The fourth-order valence-electron chi connectivity index (χ4n) is 1.82. The number of rotatable bonds is 3. The first kappa shape index (κ1) is 15.0. The summed E-state index contributed by atoms with van der Waals surface area (Å²) in [5.41, 5.74) is 1.00. The Hall–Kier alpha value is -1.88. The molecule has 110 valence electrons. The molecule has 0 bridgehead atoms. The highest BCUT2D eigenvalue weighted by Gasteiger charge is 2.21. The average molecular weight is 350 g/mol. The molecule has 1 aromatic carbocycles. The number of aliphatic imine (C=N–C) groups is 1. The first-order valence-electron chi connectivity index (χ1n) is 6.31. The molecule has 3 rings (SSSR count). The van der Waals surface area contributed by atoms with Gasteiger partial charge in [-0.1, -0.05) is 41.4 Å². The molecule has 0 saturated carbocycles. The summed E-state index contributed by atoms with van der Waals surface area (Å²) in [6.07, 6.45) is 4.99. The Morgan fingerprint density at radius 3 is 2.77 bits per heavy atom. The van der Waals surface area contributed by atoms with Gasteiger partial charge in [-0.2, -0.15) is 0 Å². The third kappa shape index (κ3) is 3.30. The van der Waals surface area contributed by atoms with E-state index in [1.807, 2.05) is 23.6 Å². The van der Waals surface area contributed by atoms with Gasteiger partial charge >= 0.3 is 5.97 Å². The van der Waals surface area contributed by atoms with Crippen molar-refractivity contribution in [2.45, 2.75) is 0 Å². The quantitative estimate of drug-likeness (QED) is 0.573. The standard InChI is InChI=1S/C16H9Cl2NO2S/c17-12-5-1-3-10(15(12)18)6-7-14-19-13(16(20)21-14)9-11-4-2-8-22-11/h1-9H/b7-6+,13-9-. The predicted molar refractivity (Wildman–Crippen MR) is 91.3 cm³/mol. The highest BCUT2D eigenvalue weighted by atomic mass is 35.5. The number of hydrogen-bond acceptors (Lipinski definition) is 4. The maximum Gasteiger partial charge on any atom is 0.363 e. The molecule has 0 saturated heterocycles. The second-order valence-corrected chi connectivity index (χ2v) is 6.13. The van der Waals surface area contributed by atoms with E-state index in [0.29, 0.717) is 10.0 Å². The lowest BCUT2D eigenvalue weighted by molar-refractivity contribution is -0.129. The van der Waals surface area contributed by atoms with Crippen molar-refractivity contribution in [2.24, 2.45) is 4.99 Å². The highest BCUT2D eigenvalue weighted by molar-refractivity contribution is 7.10. The van der Waals surface area contributed by atoms with Crippen LogP contribution in [0.5, 0.6) is 0 Å². The maximum absolute atomic E-state index is 11.8. The molecule has 22 heavy (non-hydrogen) atoms. The van der Waals surface area contributed by atoms with E-state index in [1.54, 1.807) is 30.4 Å². The number of cyclic esters (lactones) is 1. The first-order valence-corrected chi connectivity index (χ1v) is 7.95. The Kier molecular flexibility index (Phi) is 4.43. The Morgan fingerprint density at radius 2 is 2.00 bits per heavy atom. The van der Waals surface area contributed by atoms with E-state index in [1.165, 1.54) is 11.3 Å². The smallest absolute Gasteiger partial charge is 0.363 e. The van der Waals surface area contributed by atoms with E-state index in [0.717, 1.165) is 10.4 Å². The van der Waals surface area contributed by atoms with E-state index in [9.17, 15) is 4.79 Å². The van der Waals surface area contributed by atoms with Crippen LogP contribution < -0.4 is 0 Å². The molecule has 1 aromatic heterocycles. The third-order valence-corrected chi connectivity index (χ3v) is 4.50. The Morgan fingerprint density at radius 1 is 1.14 bits per heavy atom. The van der Waals surface area contributed by atoms with Crippen LogP contribution in [0.2, 0.25) is 10.0 Å². The van der Waals surface area contributed by atoms with Crippen LogP contribution in [0.4, 0.5) is 0 Å². The first-order chi connectivity index (χ1) is 10.6. The molecule has 0 spiro atoms. The molecule has 2 heterocycles. The van der Waals surface area contributed by atoms with E-state index < -0.39 is 5.97 Å². The normalized spacial score (nSPS) is 16.4. The Bertz CT molecular complexity index is 808. The number of nitrogens with zero attached hydrogens (tertiary/aromatic N) is 1. The molecule has 0 N–H and O–H groups in total. The fourth-order valence-corrected chi connectivity index (χ4v) is 2.84. The second-order valence-electron chi connectivity index (χ2n) is 4.36. The number of carbonyl (C=O) groups excluding carboxylic acids is 1. The minimum absolute atomic E-state index is 0.226. The molecule has 1 aliphatic rings. The fraction of sp³-hybridized carbons (Fsp3) is 0. The summed E-state index contributed by atoms with van der Waals surface area (Å²) in [4.78, 5) is 16.9. The number of hydrogen-bond donors (Lipinski definition) is 0. The lowest BCUT2D eigenvalue weighted by atomic mass is 10.2. The second kappa shape index (κ2) is 6.48. The van der Waals surface area contributed by atoms with Crippen molar-refractivity contribution in [1.82, 2.24) is 0 Å². The SMILES string of the molecule is O=C1OC(/C=C/c2cccc(Cl)c2Cl)=NC/1=C\c1cccs1. The average Bonchev–Trinajstić information content (AvgIpc) is 3.12. The number of esters is 1. The van der Waals surface area contributed by atoms with Crippen LogP contribution in [0.1, 0.15) is 10.4 Å². The summed E-state index contributed by atoms with van der Waals surface area (Å²) in [5, 5.41) is 2.84. The molecular formula is C16H9Cl2NO2S. The van der Waals surface area contributed by atoms with E-state index >= 15 is 0 Å². The van der Waals surface area contributed by atoms with Crippen molar-refractivity contribution in [2.75, 3.05) is 0 Å². The van der Waals surface area contributed by atoms with E-state index in [2.05, 4.69) is 4.99 Å². The van der Waals surface area contributed by atoms with E-state index in [-0.39, 0.29) is 11.6 Å². The van der Waals surface area contributed by atoms with Crippen LogP contribution in [-0.4, -0.2) is 11.9 Å². The number of thiophene rings is 1. The van der Waals surface area contributed by atoms with Crippen molar-refractivity contribution in [3.05, 3.63) is 68.0 Å². The molecule has 1 aliphatic heterocycles. The molecule has 0 fully saturated rings. The number of benzene rings is 1. The lowest BCUT2D eigenvalue weighted by Crippen LogP contribution is -2.01. The van der Waals surface area contributed by atoms with Crippen LogP contribution in [-0.2, 0) is 9.53 Å². The van der Waals surface area contributed by atoms with Gasteiger partial charge in [0.2, 0.25) is 5.90 Å². The van der Waals surface area contributed by atoms with Crippen LogP contribution in [0.25, 0.3) is 12.2 Å². The molecule has 0 amide bonds. The molecule has 6 heteroatoms. The molecule has 0 radical (unpaired) electrons. The lowest BCUT2D eigenvalue weighted by Gasteiger charge is -1.99. The van der Waals surface area contributed by atoms with Gasteiger partial charge in [-0.05, 0) is 35.2 Å². The van der Waals surface area contributed by atoms with Gasteiger partial charge in [0.25, 0.3) is 0 Å². The summed E-state index contributed by atoms with van der Waals surface area (Å²) in [6.45, 7) is 0. The Balaban J connectivity index is 1.83. The maximum atomic E-state index is 11.8. The Labute approximate surface area is 141 Å². The topological polar surface area (TPSA) is 38.7 Å². The van der Waals surface area contributed by atoms with Gasteiger partial charge in [0, 0.05) is 11.0 Å². The molecule has 3 nitrogen and oxygen atoms in total. The van der Waals surface area contributed by atoms with Crippen LogP contribution in [0, 0.1) is 0 Å².